The highest BCUT2D eigenvalue weighted by Crippen LogP contribution is 2.29. The Bertz CT molecular complexity index is 713. The van der Waals surface area contributed by atoms with Crippen LogP contribution in [0.5, 0.6) is 0 Å². The molecule has 1 amide bonds. The second-order valence-electron chi connectivity index (χ2n) is 4.10. The zero-order valence-corrected chi connectivity index (χ0v) is 13.1. The van der Waals surface area contributed by atoms with Crippen LogP contribution in [0.15, 0.2) is 47.4 Å². The van der Waals surface area contributed by atoms with Crippen LogP contribution in [0.25, 0.3) is 0 Å². The van der Waals surface area contributed by atoms with E-state index < -0.39 is 0 Å². The molecule has 6 heteroatoms. The Morgan fingerprint density at radius 1 is 1.24 bits per heavy atom. The van der Waals surface area contributed by atoms with E-state index in [1.807, 2.05) is 6.07 Å². The third kappa shape index (κ3) is 4.68. The molecule has 1 N–H and O–H groups in total. The molecule has 0 radical (unpaired) electrons. The van der Waals surface area contributed by atoms with Gasteiger partial charge in [-0.2, -0.15) is 5.26 Å². The molecule has 0 aliphatic rings. The molecule has 2 aromatic rings. The number of anilines is 1. The van der Waals surface area contributed by atoms with Crippen LogP contribution in [-0.2, 0) is 4.79 Å². The average Bonchev–Trinajstić information content (AvgIpc) is 2.48. The largest absolute Gasteiger partial charge is 0.325 e. The topological polar surface area (TPSA) is 52.9 Å². The monoisotopic (exact) mass is 336 g/mol. The molecule has 0 heterocycles. The molecule has 0 bridgehead atoms. The van der Waals surface area contributed by atoms with Gasteiger partial charge in [0, 0.05) is 15.6 Å². The summed E-state index contributed by atoms with van der Waals surface area (Å²) in [5.41, 5.74) is 1.09. The number of nitriles is 1. The van der Waals surface area contributed by atoms with Gasteiger partial charge < -0.3 is 5.32 Å². The Morgan fingerprint density at radius 3 is 2.81 bits per heavy atom. The van der Waals surface area contributed by atoms with E-state index in [1.165, 1.54) is 11.8 Å². The highest BCUT2D eigenvalue weighted by Gasteiger charge is 2.07. The standard InChI is InChI=1S/C15H10Cl2N2OS/c16-11-4-5-13(17)14(7-11)21-9-15(20)19-12-3-1-2-10(6-12)8-18/h1-7H,9H2,(H,19,20). The number of carbonyl (C=O) groups is 1. The van der Waals surface area contributed by atoms with Crippen LogP contribution in [-0.4, -0.2) is 11.7 Å². The van der Waals surface area contributed by atoms with Gasteiger partial charge in [0.1, 0.15) is 0 Å². The molecule has 2 rings (SSSR count). The first-order valence-corrected chi connectivity index (χ1v) is 7.70. The highest BCUT2D eigenvalue weighted by molar-refractivity contribution is 8.00. The van der Waals surface area contributed by atoms with Crippen molar-refractivity contribution in [3.8, 4) is 6.07 Å². The van der Waals surface area contributed by atoms with E-state index in [1.54, 1.807) is 42.5 Å². The molecule has 0 aliphatic heterocycles. The molecule has 21 heavy (non-hydrogen) atoms. The molecule has 0 aliphatic carbocycles. The molecular weight excluding hydrogens is 327 g/mol. The van der Waals surface area contributed by atoms with E-state index in [0.717, 1.165) is 4.90 Å². The number of nitrogens with zero attached hydrogens (tertiary/aromatic N) is 1. The van der Waals surface area contributed by atoms with Gasteiger partial charge in [-0.15, -0.1) is 11.8 Å². The second-order valence-corrected chi connectivity index (χ2v) is 5.97. The summed E-state index contributed by atoms with van der Waals surface area (Å²) in [5, 5.41) is 12.7. The van der Waals surface area contributed by atoms with Crippen molar-refractivity contribution >= 4 is 46.6 Å². The fourth-order valence-electron chi connectivity index (χ4n) is 1.59. The lowest BCUT2D eigenvalue weighted by Gasteiger charge is -2.07. The minimum atomic E-state index is -0.175. The zero-order chi connectivity index (χ0) is 15.2. The molecule has 0 atom stereocenters. The van der Waals surface area contributed by atoms with Crippen molar-refractivity contribution in [3.63, 3.8) is 0 Å². The SMILES string of the molecule is N#Cc1cccc(NC(=O)CSc2cc(Cl)ccc2Cl)c1. The predicted molar refractivity (Wildman–Crippen MR) is 87.0 cm³/mol. The third-order valence-electron chi connectivity index (χ3n) is 2.53. The average molecular weight is 337 g/mol. The summed E-state index contributed by atoms with van der Waals surface area (Å²) in [5.74, 6) is 0.0303. The predicted octanol–water partition coefficient (Wildman–Crippen LogP) is 4.60. The number of amides is 1. The van der Waals surface area contributed by atoms with Crippen molar-refractivity contribution in [1.29, 1.82) is 5.26 Å². The quantitative estimate of drug-likeness (QED) is 0.830. The lowest BCUT2D eigenvalue weighted by atomic mass is 10.2. The Kier molecular flexibility index (Phi) is 5.51. The summed E-state index contributed by atoms with van der Waals surface area (Å²) in [7, 11) is 0. The number of benzene rings is 2. The van der Waals surface area contributed by atoms with Crippen LogP contribution in [0.1, 0.15) is 5.56 Å². The zero-order valence-electron chi connectivity index (χ0n) is 10.8. The molecule has 0 spiro atoms. The maximum atomic E-state index is 11.9. The van der Waals surface area contributed by atoms with E-state index in [2.05, 4.69) is 5.32 Å². The number of carbonyl (C=O) groups excluding carboxylic acids is 1. The van der Waals surface area contributed by atoms with Gasteiger partial charge >= 0.3 is 0 Å². The number of halogens is 2. The van der Waals surface area contributed by atoms with Crippen LogP contribution in [0.3, 0.4) is 0 Å². The summed E-state index contributed by atoms with van der Waals surface area (Å²) in [6.07, 6.45) is 0. The van der Waals surface area contributed by atoms with Gasteiger partial charge in [0.25, 0.3) is 0 Å². The fourth-order valence-corrected chi connectivity index (χ4v) is 2.89. The molecule has 106 valence electrons. The van der Waals surface area contributed by atoms with Crippen LogP contribution >= 0.6 is 35.0 Å². The van der Waals surface area contributed by atoms with Gasteiger partial charge in [-0.1, -0.05) is 29.3 Å². The Labute approximate surface area is 136 Å². The van der Waals surface area contributed by atoms with Crippen molar-refractivity contribution in [3.05, 3.63) is 58.1 Å². The van der Waals surface area contributed by atoms with E-state index >= 15 is 0 Å². The van der Waals surface area contributed by atoms with Gasteiger partial charge in [0.15, 0.2) is 0 Å². The normalized spacial score (nSPS) is 9.95. The smallest absolute Gasteiger partial charge is 0.234 e. The molecule has 2 aromatic carbocycles. The van der Waals surface area contributed by atoms with Crippen molar-refractivity contribution in [2.45, 2.75) is 4.90 Å². The summed E-state index contributed by atoms with van der Waals surface area (Å²) < 4.78 is 0. The molecule has 0 saturated heterocycles. The molecule has 0 aromatic heterocycles. The molecule has 3 nitrogen and oxygen atoms in total. The lowest BCUT2D eigenvalue weighted by molar-refractivity contribution is -0.113. The Morgan fingerprint density at radius 2 is 2.05 bits per heavy atom. The van der Waals surface area contributed by atoms with Crippen LogP contribution in [0.2, 0.25) is 10.0 Å². The fraction of sp³-hybridized carbons (Fsp3) is 0.0667. The minimum Gasteiger partial charge on any atom is -0.325 e. The maximum absolute atomic E-state index is 11.9. The second kappa shape index (κ2) is 7.37. The third-order valence-corrected chi connectivity index (χ3v) is 4.26. The van der Waals surface area contributed by atoms with Gasteiger partial charge in [-0.3, -0.25) is 4.79 Å². The Hall–Kier alpha value is -1.67. The lowest BCUT2D eigenvalue weighted by Crippen LogP contribution is -2.14. The van der Waals surface area contributed by atoms with E-state index in [9.17, 15) is 4.79 Å². The first-order chi connectivity index (χ1) is 10.1. The van der Waals surface area contributed by atoms with Crippen molar-refractivity contribution in [2.75, 3.05) is 11.1 Å². The Balaban J connectivity index is 1.96. The summed E-state index contributed by atoms with van der Waals surface area (Å²) >= 11 is 13.2. The molecular formula is C15H10Cl2N2OS. The first kappa shape index (κ1) is 15.7. The summed E-state index contributed by atoms with van der Waals surface area (Å²) in [6, 6.07) is 13.9. The van der Waals surface area contributed by atoms with E-state index in [0.29, 0.717) is 21.3 Å². The van der Waals surface area contributed by atoms with Crippen LogP contribution in [0, 0.1) is 11.3 Å². The van der Waals surface area contributed by atoms with E-state index in [4.69, 9.17) is 28.5 Å². The van der Waals surface area contributed by atoms with Gasteiger partial charge in [-0.25, -0.2) is 0 Å². The number of rotatable bonds is 4. The summed E-state index contributed by atoms with van der Waals surface area (Å²) in [4.78, 5) is 12.6. The number of nitrogens with one attached hydrogen (secondary N) is 1. The van der Waals surface area contributed by atoms with Crippen LogP contribution in [0.4, 0.5) is 5.69 Å². The van der Waals surface area contributed by atoms with Crippen molar-refractivity contribution in [1.82, 2.24) is 0 Å². The number of hydrogen-bond acceptors (Lipinski definition) is 3. The molecule has 0 saturated carbocycles. The first-order valence-electron chi connectivity index (χ1n) is 5.96. The van der Waals surface area contributed by atoms with E-state index in [-0.39, 0.29) is 11.7 Å². The molecule has 0 fully saturated rings. The highest BCUT2D eigenvalue weighted by atomic mass is 35.5. The number of hydrogen-bond donors (Lipinski definition) is 1. The van der Waals surface area contributed by atoms with Crippen molar-refractivity contribution < 1.29 is 4.79 Å². The summed E-state index contributed by atoms with van der Waals surface area (Å²) in [6.45, 7) is 0. The van der Waals surface area contributed by atoms with Crippen molar-refractivity contribution in [2.24, 2.45) is 0 Å². The minimum absolute atomic E-state index is 0.175. The van der Waals surface area contributed by atoms with Gasteiger partial charge in [0.2, 0.25) is 5.91 Å². The van der Waals surface area contributed by atoms with Gasteiger partial charge in [0.05, 0.1) is 22.4 Å². The van der Waals surface area contributed by atoms with Gasteiger partial charge in [-0.05, 0) is 36.4 Å². The molecule has 0 unspecified atom stereocenters. The maximum Gasteiger partial charge on any atom is 0.234 e. The van der Waals surface area contributed by atoms with Crippen LogP contribution < -0.4 is 5.32 Å². The number of thioether (sulfide) groups is 1.